The number of rotatable bonds is 5. The van der Waals surface area contributed by atoms with Gasteiger partial charge < -0.3 is 10.1 Å². The normalized spacial score (nSPS) is 11.2. The smallest absolute Gasteiger partial charge is 0.407 e. The third-order valence-corrected chi connectivity index (χ3v) is 6.59. The molecule has 0 saturated carbocycles. The third-order valence-electron chi connectivity index (χ3n) is 3.11. The van der Waals surface area contributed by atoms with Gasteiger partial charge in [0, 0.05) is 7.05 Å². The predicted octanol–water partition coefficient (Wildman–Crippen LogP) is 3.06. The van der Waals surface area contributed by atoms with Crippen LogP contribution in [0.4, 0.5) is 4.79 Å². The number of benzene rings is 1. The SMILES string of the molecule is CNC(=O)OCc1ccc([Si](C(C)C)C(C)C)cc1. The number of hydrogen-bond acceptors (Lipinski definition) is 2. The molecule has 0 atom stereocenters. The predicted molar refractivity (Wildman–Crippen MR) is 81.3 cm³/mol. The van der Waals surface area contributed by atoms with E-state index in [2.05, 4.69) is 57.3 Å². The lowest BCUT2D eigenvalue weighted by Crippen LogP contribution is -2.35. The van der Waals surface area contributed by atoms with Crippen molar-refractivity contribution in [3.8, 4) is 0 Å². The van der Waals surface area contributed by atoms with E-state index in [9.17, 15) is 4.79 Å². The topological polar surface area (TPSA) is 38.3 Å². The van der Waals surface area contributed by atoms with Crippen LogP contribution in [0.25, 0.3) is 0 Å². The van der Waals surface area contributed by atoms with Crippen LogP contribution >= 0.6 is 0 Å². The first-order chi connectivity index (χ1) is 8.95. The number of alkyl carbamates (subject to hydrolysis) is 1. The molecule has 1 rings (SSSR count). The molecule has 0 bridgehead atoms. The Balaban J connectivity index is 2.72. The fraction of sp³-hybridized carbons (Fsp3) is 0.533. The molecular formula is C15H24NO2Si. The summed E-state index contributed by atoms with van der Waals surface area (Å²) >= 11 is 0. The van der Waals surface area contributed by atoms with E-state index in [1.54, 1.807) is 7.05 Å². The quantitative estimate of drug-likeness (QED) is 0.841. The maximum Gasteiger partial charge on any atom is 0.407 e. The van der Waals surface area contributed by atoms with Crippen molar-refractivity contribution in [1.29, 1.82) is 0 Å². The van der Waals surface area contributed by atoms with E-state index >= 15 is 0 Å². The summed E-state index contributed by atoms with van der Waals surface area (Å²) in [6.07, 6.45) is -0.391. The zero-order valence-electron chi connectivity index (χ0n) is 12.5. The Morgan fingerprint density at radius 2 is 1.68 bits per heavy atom. The number of amides is 1. The molecule has 1 amide bonds. The summed E-state index contributed by atoms with van der Waals surface area (Å²) in [6.45, 7) is 9.53. The van der Waals surface area contributed by atoms with Gasteiger partial charge in [0.1, 0.15) is 6.61 Å². The molecule has 105 valence electrons. The Hall–Kier alpha value is -1.29. The summed E-state index contributed by atoms with van der Waals surface area (Å²) in [5, 5.41) is 3.90. The molecule has 1 N–H and O–H groups in total. The van der Waals surface area contributed by atoms with E-state index in [1.165, 1.54) is 5.19 Å². The van der Waals surface area contributed by atoms with Crippen molar-refractivity contribution in [3.63, 3.8) is 0 Å². The molecule has 19 heavy (non-hydrogen) atoms. The van der Waals surface area contributed by atoms with Gasteiger partial charge in [0.25, 0.3) is 0 Å². The van der Waals surface area contributed by atoms with Gasteiger partial charge in [-0.05, 0) is 16.6 Å². The van der Waals surface area contributed by atoms with Crippen LogP contribution in [0.2, 0.25) is 11.1 Å². The summed E-state index contributed by atoms with van der Waals surface area (Å²) in [6, 6.07) is 8.51. The first kappa shape index (κ1) is 15.8. The van der Waals surface area contributed by atoms with Gasteiger partial charge >= 0.3 is 6.09 Å². The monoisotopic (exact) mass is 278 g/mol. The molecule has 0 aliphatic heterocycles. The van der Waals surface area contributed by atoms with Crippen LogP contribution in [0.1, 0.15) is 33.3 Å². The zero-order valence-corrected chi connectivity index (χ0v) is 13.5. The molecule has 0 heterocycles. The van der Waals surface area contributed by atoms with Gasteiger partial charge in [-0.3, -0.25) is 0 Å². The third kappa shape index (κ3) is 4.71. The zero-order chi connectivity index (χ0) is 14.4. The fourth-order valence-corrected chi connectivity index (χ4v) is 5.57. The lowest BCUT2D eigenvalue weighted by atomic mass is 10.2. The summed E-state index contributed by atoms with van der Waals surface area (Å²) in [5.41, 5.74) is 2.47. The van der Waals surface area contributed by atoms with Crippen molar-refractivity contribution >= 4 is 20.1 Å². The van der Waals surface area contributed by atoms with Crippen molar-refractivity contribution in [1.82, 2.24) is 5.32 Å². The molecule has 1 aromatic carbocycles. The van der Waals surface area contributed by atoms with Gasteiger partial charge in [0.2, 0.25) is 0 Å². The van der Waals surface area contributed by atoms with Gasteiger partial charge in [-0.25, -0.2) is 4.79 Å². The van der Waals surface area contributed by atoms with Crippen molar-refractivity contribution in [2.45, 2.75) is 45.4 Å². The Morgan fingerprint density at radius 3 is 2.11 bits per heavy atom. The van der Waals surface area contributed by atoms with E-state index in [0.29, 0.717) is 6.61 Å². The molecule has 0 unspecified atom stereocenters. The van der Waals surface area contributed by atoms with Crippen molar-refractivity contribution in [2.75, 3.05) is 7.05 Å². The van der Waals surface area contributed by atoms with E-state index in [1.807, 2.05) is 0 Å². The van der Waals surface area contributed by atoms with Crippen molar-refractivity contribution < 1.29 is 9.53 Å². The highest BCUT2D eigenvalue weighted by molar-refractivity contribution is 6.75. The molecule has 0 saturated heterocycles. The largest absolute Gasteiger partial charge is 0.445 e. The van der Waals surface area contributed by atoms with E-state index in [4.69, 9.17) is 4.74 Å². The van der Waals surface area contributed by atoms with Crippen molar-refractivity contribution in [2.24, 2.45) is 0 Å². The first-order valence-corrected chi connectivity index (χ1v) is 8.41. The molecule has 3 nitrogen and oxygen atoms in total. The van der Waals surface area contributed by atoms with E-state index in [-0.39, 0.29) is 0 Å². The minimum atomic E-state index is -0.528. The lowest BCUT2D eigenvalue weighted by Gasteiger charge is -2.23. The number of nitrogens with one attached hydrogen (secondary N) is 1. The van der Waals surface area contributed by atoms with Gasteiger partial charge in [0.15, 0.2) is 0 Å². The minimum absolute atomic E-state index is 0.325. The Kier molecular flexibility index (Phi) is 6.08. The summed E-state index contributed by atoms with van der Waals surface area (Å²) in [5.74, 6) is 0. The lowest BCUT2D eigenvalue weighted by molar-refractivity contribution is 0.142. The van der Waals surface area contributed by atoms with E-state index in [0.717, 1.165) is 16.6 Å². The maximum atomic E-state index is 11.0. The molecule has 1 radical (unpaired) electrons. The van der Waals surface area contributed by atoms with Gasteiger partial charge in [-0.1, -0.05) is 57.1 Å². The molecule has 0 aromatic heterocycles. The maximum absolute atomic E-state index is 11.0. The summed E-state index contributed by atoms with van der Waals surface area (Å²) < 4.78 is 5.03. The summed E-state index contributed by atoms with van der Waals surface area (Å²) in [4.78, 5) is 11.0. The number of carbonyl (C=O) groups excluding carboxylic acids is 1. The van der Waals surface area contributed by atoms with Gasteiger partial charge in [-0.2, -0.15) is 0 Å². The number of ether oxygens (including phenoxy) is 1. The van der Waals surface area contributed by atoms with Crippen LogP contribution in [0.15, 0.2) is 24.3 Å². The Morgan fingerprint density at radius 1 is 1.16 bits per heavy atom. The fourth-order valence-electron chi connectivity index (χ4n) is 2.35. The molecule has 0 spiro atoms. The van der Waals surface area contributed by atoms with Crippen LogP contribution in [-0.2, 0) is 11.3 Å². The van der Waals surface area contributed by atoms with Crippen molar-refractivity contribution in [3.05, 3.63) is 29.8 Å². The van der Waals surface area contributed by atoms with E-state index < -0.39 is 14.9 Å². The highest BCUT2D eigenvalue weighted by Gasteiger charge is 2.21. The minimum Gasteiger partial charge on any atom is -0.445 e. The highest BCUT2D eigenvalue weighted by atomic mass is 28.3. The second-order valence-corrected chi connectivity index (χ2v) is 9.09. The van der Waals surface area contributed by atoms with Gasteiger partial charge in [0.05, 0.1) is 8.80 Å². The number of hydrogen-bond donors (Lipinski definition) is 1. The van der Waals surface area contributed by atoms with Crippen LogP contribution in [-0.4, -0.2) is 21.9 Å². The molecule has 1 aromatic rings. The van der Waals surface area contributed by atoms with Crippen LogP contribution in [0.3, 0.4) is 0 Å². The average molecular weight is 278 g/mol. The van der Waals surface area contributed by atoms with Gasteiger partial charge in [-0.15, -0.1) is 0 Å². The Labute approximate surface area is 118 Å². The highest BCUT2D eigenvalue weighted by Crippen LogP contribution is 2.20. The number of carbonyl (C=O) groups is 1. The summed E-state index contributed by atoms with van der Waals surface area (Å²) in [7, 11) is 1.03. The Bertz CT molecular complexity index is 393. The van der Waals surface area contributed by atoms with Crippen LogP contribution in [0.5, 0.6) is 0 Å². The van der Waals surface area contributed by atoms with Crippen LogP contribution in [0, 0.1) is 0 Å². The van der Waals surface area contributed by atoms with Crippen LogP contribution < -0.4 is 10.5 Å². The second kappa shape index (κ2) is 7.33. The first-order valence-electron chi connectivity index (χ1n) is 6.76. The molecular weight excluding hydrogens is 254 g/mol. The molecule has 0 aliphatic rings. The molecule has 0 aliphatic carbocycles. The molecule has 4 heteroatoms. The standard InChI is InChI=1S/C15H24NO2Si/c1-11(2)19(12(3)4)14-8-6-13(7-9-14)10-18-15(17)16-5/h6-9,11-12H,10H2,1-5H3,(H,16,17). The second-order valence-electron chi connectivity index (χ2n) is 5.29. The average Bonchev–Trinajstić information content (AvgIpc) is 2.36. The molecule has 0 fully saturated rings.